The largest absolute Gasteiger partial charge is 0.459 e. The lowest BCUT2D eigenvalue weighted by Gasteiger charge is -2.11. The molecule has 4 nitrogen and oxygen atoms in total. The molecule has 21 heavy (non-hydrogen) atoms. The topological polar surface area (TPSA) is 52.6 Å². The van der Waals surface area contributed by atoms with Crippen molar-refractivity contribution in [1.29, 1.82) is 0 Å². The molecule has 1 aromatic rings. The average molecular weight is 290 g/mol. The number of rotatable bonds is 6. The minimum Gasteiger partial charge on any atom is -0.459 e. The van der Waals surface area contributed by atoms with Gasteiger partial charge in [-0.2, -0.15) is 0 Å². The molecule has 0 amide bonds. The van der Waals surface area contributed by atoms with Crippen LogP contribution in [0.3, 0.4) is 0 Å². The summed E-state index contributed by atoms with van der Waals surface area (Å²) in [6.45, 7) is 11.0. The van der Waals surface area contributed by atoms with Gasteiger partial charge in [-0.25, -0.2) is 9.59 Å². The van der Waals surface area contributed by atoms with Crippen molar-refractivity contribution in [3.8, 4) is 0 Å². The van der Waals surface area contributed by atoms with E-state index >= 15 is 0 Å². The van der Waals surface area contributed by atoms with Gasteiger partial charge in [0.15, 0.2) is 0 Å². The lowest BCUT2D eigenvalue weighted by atomic mass is 9.98. The highest BCUT2D eigenvalue weighted by molar-refractivity contribution is 5.91. The van der Waals surface area contributed by atoms with Crippen LogP contribution in [0.25, 0.3) is 0 Å². The summed E-state index contributed by atoms with van der Waals surface area (Å²) in [4.78, 5) is 23.3. The molecular weight excluding hydrogens is 268 g/mol. The van der Waals surface area contributed by atoms with E-state index in [2.05, 4.69) is 12.6 Å². The lowest BCUT2D eigenvalue weighted by Crippen LogP contribution is -2.15. The van der Waals surface area contributed by atoms with E-state index in [1.807, 2.05) is 26.8 Å². The van der Waals surface area contributed by atoms with Gasteiger partial charge in [0.05, 0.1) is 5.56 Å². The Morgan fingerprint density at radius 1 is 1.14 bits per heavy atom. The van der Waals surface area contributed by atoms with E-state index in [9.17, 15) is 9.59 Å². The summed E-state index contributed by atoms with van der Waals surface area (Å²) in [5.41, 5.74) is 3.96. The van der Waals surface area contributed by atoms with Gasteiger partial charge in [-0.3, -0.25) is 0 Å². The molecule has 0 aromatic heterocycles. The smallest absolute Gasteiger partial charge is 0.338 e. The Hall–Kier alpha value is -2.10. The van der Waals surface area contributed by atoms with Crippen LogP contribution in [0, 0.1) is 13.8 Å². The first-order chi connectivity index (χ1) is 9.86. The first-order valence-electron chi connectivity index (χ1n) is 6.96. The number of hydrogen-bond donors (Lipinski definition) is 0. The van der Waals surface area contributed by atoms with Crippen LogP contribution in [0.5, 0.6) is 0 Å². The van der Waals surface area contributed by atoms with E-state index in [1.54, 1.807) is 6.92 Å². The van der Waals surface area contributed by atoms with Crippen molar-refractivity contribution in [2.45, 2.75) is 34.1 Å². The molecule has 1 aromatic carbocycles. The van der Waals surface area contributed by atoms with Crippen LogP contribution in [0.4, 0.5) is 0 Å². The molecule has 0 aliphatic rings. The van der Waals surface area contributed by atoms with Gasteiger partial charge in [0.25, 0.3) is 0 Å². The maximum absolute atomic E-state index is 12.1. The lowest BCUT2D eigenvalue weighted by molar-refractivity contribution is -0.140. The molecule has 0 heterocycles. The SMILES string of the molecule is C=C(C)C(=O)OCCOC(=O)c1cc(CC)cc(C)c1C. The van der Waals surface area contributed by atoms with Gasteiger partial charge in [-0.1, -0.05) is 19.6 Å². The van der Waals surface area contributed by atoms with Crippen molar-refractivity contribution in [2.75, 3.05) is 13.2 Å². The number of aryl methyl sites for hydroxylation is 2. The molecule has 0 fully saturated rings. The van der Waals surface area contributed by atoms with Crippen LogP contribution in [0.2, 0.25) is 0 Å². The second-order valence-electron chi connectivity index (χ2n) is 4.99. The Kier molecular flexibility index (Phi) is 6.15. The third-order valence-electron chi connectivity index (χ3n) is 3.25. The summed E-state index contributed by atoms with van der Waals surface area (Å²) < 4.78 is 10.0. The fourth-order valence-corrected chi connectivity index (χ4v) is 1.82. The highest BCUT2D eigenvalue weighted by Crippen LogP contribution is 2.18. The van der Waals surface area contributed by atoms with Crippen molar-refractivity contribution in [2.24, 2.45) is 0 Å². The standard InChI is InChI=1S/C17H22O4/c1-6-14-9-12(4)13(5)15(10-14)17(19)21-8-7-20-16(18)11(2)3/h9-10H,2,6-8H2,1,3-5H3. The zero-order valence-corrected chi connectivity index (χ0v) is 13.1. The monoisotopic (exact) mass is 290 g/mol. The van der Waals surface area contributed by atoms with Crippen molar-refractivity contribution >= 4 is 11.9 Å². The van der Waals surface area contributed by atoms with Crippen molar-refractivity contribution in [3.05, 3.63) is 46.5 Å². The van der Waals surface area contributed by atoms with Gasteiger partial charge >= 0.3 is 11.9 Å². The molecule has 0 atom stereocenters. The minimum atomic E-state index is -0.481. The van der Waals surface area contributed by atoms with E-state index in [1.165, 1.54) is 0 Å². The zero-order valence-electron chi connectivity index (χ0n) is 13.1. The van der Waals surface area contributed by atoms with E-state index < -0.39 is 11.9 Å². The molecule has 0 saturated heterocycles. The highest BCUT2D eigenvalue weighted by Gasteiger charge is 2.13. The molecule has 0 N–H and O–H groups in total. The molecule has 0 spiro atoms. The van der Waals surface area contributed by atoms with Gasteiger partial charge in [0.2, 0.25) is 0 Å². The number of carbonyl (C=O) groups is 2. The summed E-state index contributed by atoms with van der Waals surface area (Å²) in [5.74, 6) is -0.872. The molecule has 0 aliphatic carbocycles. The highest BCUT2D eigenvalue weighted by atomic mass is 16.6. The molecule has 0 radical (unpaired) electrons. The van der Waals surface area contributed by atoms with Crippen LogP contribution in [0.15, 0.2) is 24.3 Å². The van der Waals surface area contributed by atoms with Crippen LogP contribution in [-0.2, 0) is 20.7 Å². The molecule has 0 saturated carbocycles. The Morgan fingerprint density at radius 2 is 1.76 bits per heavy atom. The number of benzene rings is 1. The first-order valence-corrected chi connectivity index (χ1v) is 6.96. The molecule has 4 heteroatoms. The van der Waals surface area contributed by atoms with Crippen molar-refractivity contribution in [3.63, 3.8) is 0 Å². The van der Waals surface area contributed by atoms with Crippen LogP contribution in [-0.4, -0.2) is 25.2 Å². The molecule has 0 aliphatic heterocycles. The van der Waals surface area contributed by atoms with Crippen LogP contribution in [0.1, 0.15) is 40.9 Å². The maximum Gasteiger partial charge on any atom is 0.338 e. The van der Waals surface area contributed by atoms with E-state index in [0.29, 0.717) is 11.1 Å². The molecule has 0 unspecified atom stereocenters. The third-order valence-corrected chi connectivity index (χ3v) is 3.25. The summed E-state index contributed by atoms with van der Waals surface area (Å²) in [6, 6.07) is 3.92. The maximum atomic E-state index is 12.1. The molecule has 114 valence electrons. The van der Waals surface area contributed by atoms with Crippen LogP contribution < -0.4 is 0 Å². The summed E-state index contributed by atoms with van der Waals surface area (Å²) in [6.07, 6.45) is 0.859. The molecule has 0 bridgehead atoms. The number of carbonyl (C=O) groups excluding carboxylic acids is 2. The first kappa shape index (κ1) is 17.0. The van der Waals surface area contributed by atoms with Gasteiger partial charge in [0, 0.05) is 5.57 Å². The Balaban J connectivity index is 2.62. The number of ether oxygens (including phenoxy) is 2. The number of hydrogen-bond acceptors (Lipinski definition) is 4. The third kappa shape index (κ3) is 4.74. The Labute approximate surface area is 125 Å². The molecule has 1 rings (SSSR count). The van der Waals surface area contributed by atoms with Gasteiger partial charge in [0.1, 0.15) is 13.2 Å². The second-order valence-corrected chi connectivity index (χ2v) is 4.99. The van der Waals surface area contributed by atoms with Gasteiger partial charge in [-0.05, 0) is 49.9 Å². The quantitative estimate of drug-likeness (QED) is 0.459. The van der Waals surface area contributed by atoms with E-state index in [4.69, 9.17) is 9.47 Å². The average Bonchev–Trinajstić information content (AvgIpc) is 2.45. The summed E-state index contributed by atoms with van der Waals surface area (Å²) in [5, 5.41) is 0. The van der Waals surface area contributed by atoms with Gasteiger partial charge < -0.3 is 9.47 Å². The van der Waals surface area contributed by atoms with E-state index in [-0.39, 0.29) is 13.2 Å². The van der Waals surface area contributed by atoms with Crippen molar-refractivity contribution < 1.29 is 19.1 Å². The fourth-order valence-electron chi connectivity index (χ4n) is 1.82. The Morgan fingerprint density at radius 3 is 2.33 bits per heavy atom. The normalized spacial score (nSPS) is 10.1. The van der Waals surface area contributed by atoms with Crippen molar-refractivity contribution in [1.82, 2.24) is 0 Å². The predicted octanol–water partition coefficient (Wildman–Crippen LogP) is 3.14. The second kappa shape index (κ2) is 7.62. The minimum absolute atomic E-state index is 0.0307. The van der Waals surface area contributed by atoms with Gasteiger partial charge in [-0.15, -0.1) is 0 Å². The summed E-state index contributed by atoms with van der Waals surface area (Å²) in [7, 11) is 0. The number of esters is 2. The predicted molar refractivity (Wildman–Crippen MR) is 81.3 cm³/mol. The zero-order chi connectivity index (χ0) is 16.0. The Bertz CT molecular complexity index is 558. The van der Waals surface area contributed by atoms with Crippen LogP contribution >= 0.6 is 0 Å². The fraction of sp³-hybridized carbons (Fsp3) is 0.412. The molecular formula is C17H22O4. The van der Waals surface area contributed by atoms with E-state index in [0.717, 1.165) is 23.1 Å². The summed E-state index contributed by atoms with van der Waals surface area (Å²) >= 11 is 0.